The lowest BCUT2D eigenvalue weighted by atomic mass is 10.2. The summed E-state index contributed by atoms with van der Waals surface area (Å²) in [5.74, 6) is 0. The largest absolute Gasteiger partial charge is 0.327 e. The number of rotatable bonds is 1. The molecule has 1 aliphatic heterocycles. The Labute approximate surface area is 60.8 Å². The Morgan fingerprint density at radius 1 is 1.70 bits per heavy atom. The van der Waals surface area contributed by atoms with Crippen molar-refractivity contribution >= 4 is 15.3 Å². The third kappa shape index (κ3) is 1.27. The molecule has 4 heteroatoms. The lowest BCUT2D eigenvalue weighted by molar-refractivity contribution is 0.373. The molecule has 56 valence electrons. The predicted octanol–water partition coefficient (Wildman–Crippen LogP) is 0.362. The summed E-state index contributed by atoms with van der Waals surface area (Å²) in [7, 11) is -2.19. The first kappa shape index (κ1) is 7.50. The van der Waals surface area contributed by atoms with E-state index in [0.29, 0.717) is 13.0 Å². The van der Waals surface area contributed by atoms with Gasteiger partial charge in [-0.25, -0.2) is 0 Å². The Morgan fingerprint density at radius 3 is 2.80 bits per heavy atom. The van der Waals surface area contributed by atoms with Crippen LogP contribution in [0.4, 0.5) is 0 Å². The number of hydrogen-bond donors (Lipinski definition) is 0. The number of hydrogen-bond acceptors (Lipinski definition) is 3. The van der Waals surface area contributed by atoms with E-state index in [2.05, 4.69) is 0 Å². The lowest BCUT2D eigenvalue weighted by Gasteiger charge is -1.92. The van der Waals surface area contributed by atoms with Gasteiger partial charge >= 0.3 is 0 Å². The van der Waals surface area contributed by atoms with E-state index >= 15 is 0 Å². The van der Waals surface area contributed by atoms with Gasteiger partial charge < -0.3 is 4.74 Å². The minimum Gasteiger partial charge on any atom is -0.327 e. The summed E-state index contributed by atoms with van der Waals surface area (Å²) < 4.78 is 25.6. The Kier molecular flexibility index (Phi) is 2.24. The van der Waals surface area contributed by atoms with Gasteiger partial charge in [-0.1, -0.05) is 13.0 Å². The molecule has 0 amide bonds. The fourth-order valence-corrected chi connectivity index (χ4v) is 1.44. The van der Waals surface area contributed by atoms with Crippen molar-refractivity contribution < 1.29 is 13.2 Å². The molecule has 0 spiro atoms. The highest BCUT2D eigenvalue weighted by Gasteiger charge is 2.12. The van der Waals surface area contributed by atoms with Gasteiger partial charge in [0.2, 0.25) is 10.3 Å². The smallest absolute Gasteiger partial charge is 0.245 e. The molecule has 10 heavy (non-hydrogen) atoms. The highest BCUT2D eigenvalue weighted by atomic mass is 32.2. The molecule has 0 bridgehead atoms. The molecule has 1 heterocycles. The predicted molar refractivity (Wildman–Crippen MR) is 38.3 cm³/mol. The second-order valence-corrected chi connectivity index (χ2v) is 2.76. The molecule has 0 atom stereocenters. The molecule has 1 rings (SSSR count). The third-order valence-corrected chi connectivity index (χ3v) is 2.02. The van der Waals surface area contributed by atoms with Gasteiger partial charge in [0.15, 0.2) is 5.05 Å². The third-order valence-electron chi connectivity index (χ3n) is 1.34. The second kappa shape index (κ2) is 2.98. The van der Waals surface area contributed by atoms with Crippen LogP contribution in [-0.4, -0.2) is 20.1 Å². The van der Waals surface area contributed by atoms with Gasteiger partial charge in [0.05, 0.1) is 6.61 Å². The summed E-state index contributed by atoms with van der Waals surface area (Å²) in [5, 5.41) is 0.113. The first-order valence-electron chi connectivity index (χ1n) is 3.04. The minimum atomic E-state index is -2.19. The molecular weight excluding hydrogens is 152 g/mol. The van der Waals surface area contributed by atoms with Crippen LogP contribution in [0.5, 0.6) is 0 Å². The van der Waals surface area contributed by atoms with E-state index in [4.69, 9.17) is 4.74 Å². The first-order valence-corrected chi connectivity index (χ1v) is 4.11. The maximum Gasteiger partial charge on any atom is 0.245 e. The number of ether oxygens (including phenoxy) is 1. The van der Waals surface area contributed by atoms with Crippen LogP contribution in [0.1, 0.15) is 13.3 Å². The van der Waals surface area contributed by atoms with E-state index in [-0.39, 0.29) is 5.05 Å². The van der Waals surface area contributed by atoms with Crippen molar-refractivity contribution in [3.8, 4) is 0 Å². The zero-order valence-corrected chi connectivity index (χ0v) is 6.44. The van der Waals surface area contributed by atoms with Crippen molar-refractivity contribution in [2.24, 2.45) is 0 Å². The molecule has 0 aromatic rings. The van der Waals surface area contributed by atoms with Crippen molar-refractivity contribution in [1.29, 1.82) is 0 Å². The van der Waals surface area contributed by atoms with E-state index < -0.39 is 10.3 Å². The van der Waals surface area contributed by atoms with Gasteiger partial charge in [-0.15, -0.1) is 0 Å². The summed E-state index contributed by atoms with van der Waals surface area (Å²) in [6.07, 6.45) is 2.49. The molecule has 0 fully saturated rings. The highest BCUT2D eigenvalue weighted by molar-refractivity contribution is 7.73. The molecule has 0 unspecified atom stereocenters. The quantitative estimate of drug-likeness (QED) is 0.520. The van der Waals surface area contributed by atoms with Crippen molar-refractivity contribution in [2.75, 3.05) is 6.61 Å². The second-order valence-electron chi connectivity index (χ2n) is 1.92. The Morgan fingerprint density at radius 2 is 2.40 bits per heavy atom. The van der Waals surface area contributed by atoms with Crippen LogP contribution in [0.2, 0.25) is 0 Å². The normalized spacial score (nSPS) is 17.3. The average Bonchev–Trinajstić information content (AvgIpc) is 2.33. The van der Waals surface area contributed by atoms with E-state index in [1.807, 2.05) is 6.92 Å². The standard InChI is InChI=1S/C6H8O3S/c1-2-5-3-4-9-6(5)10(7)8/h3H,2,4H2,1H3. The van der Waals surface area contributed by atoms with Crippen LogP contribution in [0.3, 0.4) is 0 Å². The molecule has 0 aromatic carbocycles. The molecule has 1 aliphatic rings. The van der Waals surface area contributed by atoms with E-state index in [0.717, 1.165) is 5.57 Å². The first-order chi connectivity index (χ1) is 4.75. The topological polar surface area (TPSA) is 43.4 Å². The van der Waals surface area contributed by atoms with Crippen molar-refractivity contribution in [3.05, 3.63) is 11.6 Å². The van der Waals surface area contributed by atoms with Gasteiger partial charge in [0, 0.05) is 0 Å². The molecular formula is C6H8O3S. The zero-order valence-electron chi connectivity index (χ0n) is 5.62. The molecule has 0 aliphatic carbocycles. The van der Waals surface area contributed by atoms with E-state index in [1.165, 1.54) is 0 Å². The molecule has 0 N–H and O–H groups in total. The van der Waals surface area contributed by atoms with Gasteiger partial charge in [0.25, 0.3) is 0 Å². The summed E-state index contributed by atoms with van der Waals surface area (Å²) in [5.41, 5.74) is 0.785. The van der Waals surface area contributed by atoms with Gasteiger partial charge in [0.1, 0.15) is 0 Å². The summed E-state index contributed by atoms with van der Waals surface area (Å²) in [6, 6.07) is 0. The Bertz CT molecular complexity index is 276. The molecule has 0 aromatic heterocycles. The summed E-state index contributed by atoms with van der Waals surface area (Å²) >= 11 is 0. The van der Waals surface area contributed by atoms with E-state index in [9.17, 15) is 8.42 Å². The van der Waals surface area contributed by atoms with Crippen LogP contribution in [-0.2, 0) is 15.0 Å². The fourth-order valence-electron chi connectivity index (χ4n) is 0.838. The minimum absolute atomic E-state index is 0.113. The van der Waals surface area contributed by atoms with Crippen LogP contribution in [0.25, 0.3) is 0 Å². The Balaban J connectivity index is 3.05. The van der Waals surface area contributed by atoms with Gasteiger partial charge in [-0.2, -0.15) is 8.42 Å². The molecule has 0 saturated heterocycles. The Hall–Kier alpha value is -0.610. The molecule has 0 radical (unpaired) electrons. The van der Waals surface area contributed by atoms with Gasteiger partial charge in [-0.3, -0.25) is 0 Å². The van der Waals surface area contributed by atoms with E-state index in [1.54, 1.807) is 6.08 Å². The molecule has 3 nitrogen and oxygen atoms in total. The van der Waals surface area contributed by atoms with Gasteiger partial charge in [-0.05, 0) is 12.0 Å². The highest BCUT2D eigenvalue weighted by Crippen LogP contribution is 2.10. The van der Waals surface area contributed by atoms with Crippen LogP contribution < -0.4 is 0 Å². The maximum absolute atomic E-state index is 10.4. The summed E-state index contributed by atoms with van der Waals surface area (Å²) in [6.45, 7) is 2.29. The lowest BCUT2D eigenvalue weighted by Crippen LogP contribution is -2.00. The van der Waals surface area contributed by atoms with Crippen molar-refractivity contribution in [3.63, 3.8) is 0 Å². The van der Waals surface area contributed by atoms with Crippen molar-refractivity contribution in [2.45, 2.75) is 13.3 Å². The van der Waals surface area contributed by atoms with Crippen molar-refractivity contribution in [1.82, 2.24) is 0 Å². The van der Waals surface area contributed by atoms with Crippen LogP contribution in [0.15, 0.2) is 11.6 Å². The molecule has 0 saturated carbocycles. The fraction of sp³-hybridized carbons (Fsp3) is 0.500. The zero-order chi connectivity index (χ0) is 7.56. The van der Waals surface area contributed by atoms with Crippen LogP contribution >= 0.6 is 0 Å². The summed E-state index contributed by atoms with van der Waals surface area (Å²) in [4.78, 5) is 0. The van der Waals surface area contributed by atoms with Crippen LogP contribution in [0, 0.1) is 0 Å². The average molecular weight is 160 g/mol. The monoisotopic (exact) mass is 160 g/mol. The SMILES string of the molecule is CCC1=CCOC1=S(=O)=O. The maximum atomic E-state index is 10.4.